The molecule has 0 saturated heterocycles. The van der Waals surface area contributed by atoms with E-state index in [2.05, 4.69) is 44.3 Å². The molecule has 0 aliphatic heterocycles. The van der Waals surface area contributed by atoms with Crippen LogP contribution in [0.1, 0.15) is 31.4 Å². The van der Waals surface area contributed by atoms with Crippen LogP contribution in [0.15, 0.2) is 18.2 Å². The first-order valence-corrected chi connectivity index (χ1v) is 6.54. The molecule has 0 radical (unpaired) electrons. The lowest BCUT2D eigenvalue weighted by Gasteiger charge is -2.15. The first-order chi connectivity index (χ1) is 8.17. The van der Waals surface area contributed by atoms with Crippen LogP contribution in [0.5, 0.6) is 5.75 Å². The summed E-state index contributed by atoms with van der Waals surface area (Å²) < 4.78 is 5.94. The van der Waals surface area contributed by atoms with Gasteiger partial charge in [-0.3, -0.25) is 0 Å². The van der Waals surface area contributed by atoms with Crippen LogP contribution in [0.3, 0.4) is 0 Å². The average Bonchev–Trinajstić information content (AvgIpc) is 2.34. The summed E-state index contributed by atoms with van der Waals surface area (Å²) in [4.78, 5) is 0. The third-order valence-corrected chi connectivity index (χ3v) is 3.01. The van der Waals surface area contributed by atoms with E-state index in [1.807, 2.05) is 7.05 Å². The van der Waals surface area contributed by atoms with Gasteiger partial charge >= 0.3 is 0 Å². The lowest BCUT2D eigenvalue weighted by Crippen LogP contribution is -2.16. The number of hydrogen-bond donors (Lipinski definition) is 1. The SMILES string of the molecule is CCc1ccc(C)cc1OCC(C)CCNC. The van der Waals surface area contributed by atoms with Gasteiger partial charge in [-0.2, -0.15) is 0 Å². The molecule has 1 unspecified atom stereocenters. The van der Waals surface area contributed by atoms with Gasteiger partial charge in [0.1, 0.15) is 5.75 Å². The second-order valence-electron chi connectivity index (χ2n) is 4.77. The van der Waals surface area contributed by atoms with Gasteiger partial charge < -0.3 is 10.1 Å². The van der Waals surface area contributed by atoms with Crippen molar-refractivity contribution >= 4 is 0 Å². The predicted octanol–water partition coefficient (Wildman–Crippen LogP) is 3.18. The van der Waals surface area contributed by atoms with Gasteiger partial charge in [0.15, 0.2) is 0 Å². The van der Waals surface area contributed by atoms with E-state index in [-0.39, 0.29) is 0 Å². The lowest BCUT2D eigenvalue weighted by molar-refractivity contribution is 0.250. The Morgan fingerprint density at radius 2 is 2.12 bits per heavy atom. The minimum absolute atomic E-state index is 0.590. The summed E-state index contributed by atoms with van der Waals surface area (Å²) in [5, 5.41) is 3.17. The van der Waals surface area contributed by atoms with Crippen LogP contribution in [0.4, 0.5) is 0 Å². The summed E-state index contributed by atoms with van der Waals surface area (Å²) in [5.41, 5.74) is 2.57. The van der Waals surface area contributed by atoms with Crippen LogP contribution in [0.2, 0.25) is 0 Å². The Bertz CT molecular complexity index is 336. The molecule has 0 spiro atoms. The van der Waals surface area contributed by atoms with Crippen LogP contribution in [-0.2, 0) is 6.42 Å². The van der Waals surface area contributed by atoms with E-state index in [9.17, 15) is 0 Å². The molecular weight excluding hydrogens is 210 g/mol. The number of nitrogens with one attached hydrogen (secondary N) is 1. The van der Waals surface area contributed by atoms with Crippen molar-refractivity contribution < 1.29 is 4.74 Å². The molecule has 0 aliphatic rings. The fourth-order valence-corrected chi connectivity index (χ4v) is 1.79. The van der Waals surface area contributed by atoms with E-state index in [4.69, 9.17) is 4.74 Å². The van der Waals surface area contributed by atoms with Crippen molar-refractivity contribution in [2.24, 2.45) is 5.92 Å². The molecule has 0 fully saturated rings. The third-order valence-electron chi connectivity index (χ3n) is 3.01. The molecule has 1 aromatic carbocycles. The summed E-state index contributed by atoms with van der Waals surface area (Å²) in [6.45, 7) is 8.37. The zero-order chi connectivity index (χ0) is 12.7. The molecule has 0 bridgehead atoms. The highest BCUT2D eigenvalue weighted by Crippen LogP contribution is 2.21. The summed E-state index contributed by atoms with van der Waals surface area (Å²) in [7, 11) is 1.99. The molecule has 0 saturated carbocycles. The molecule has 1 N–H and O–H groups in total. The largest absolute Gasteiger partial charge is 0.493 e. The van der Waals surface area contributed by atoms with Gasteiger partial charge in [0.2, 0.25) is 0 Å². The molecular formula is C15H25NO. The van der Waals surface area contributed by atoms with Crippen molar-refractivity contribution in [2.45, 2.75) is 33.6 Å². The smallest absolute Gasteiger partial charge is 0.122 e. The minimum atomic E-state index is 0.590. The number of ether oxygens (including phenoxy) is 1. The molecule has 0 amide bonds. The Kier molecular flexibility index (Phi) is 6.06. The van der Waals surface area contributed by atoms with Gasteiger partial charge in [-0.1, -0.05) is 26.0 Å². The first-order valence-electron chi connectivity index (χ1n) is 6.54. The van der Waals surface area contributed by atoms with E-state index in [1.165, 1.54) is 11.1 Å². The van der Waals surface area contributed by atoms with Crippen molar-refractivity contribution in [3.63, 3.8) is 0 Å². The summed E-state index contributed by atoms with van der Waals surface area (Å²) in [6, 6.07) is 6.46. The first kappa shape index (κ1) is 14.0. The van der Waals surface area contributed by atoms with E-state index in [1.54, 1.807) is 0 Å². The van der Waals surface area contributed by atoms with Gasteiger partial charge in [0, 0.05) is 0 Å². The quantitative estimate of drug-likeness (QED) is 0.783. The molecule has 1 atom stereocenters. The maximum Gasteiger partial charge on any atom is 0.122 e. The summed E-state index contributed by atoms with van der Waals surface area (Å²) in [6.07, 6.45) is 2.18. The Labute approximate surface area is 105 Å². The van der Waals surface area contributed by atoms with E-state index < -0.39 is 0 Å². The van der Waals surface area contributed by atoms with Crippen LogP contribution >= 0.6 is 0 Å². The molecule has 0 heterocycles. The summed E-state index contributed by atoms with van der Waals surface area (Å²) >= 11 is 0. The van der Waals surface area contributed by atoms with Crippen molar-refractivity contribution in [3.05, 3.63) is 29.3 Å². The lowest BCUT2D eigenvalue weighted by atomic mass is 10.1. The normalized spacial score (nSPS) is 12.5. The Balaban J connectivity index is 2.52. The van der Waals surface area contributed by atoms with Gasteiger partial charge in [-0.05, 0) is 56.5 Å². The van der Waals surface area contributed by atoms with Crippen molar-refractivity contribution in [1.82, 2.24) is 5.32 Å². The molecule has 1 rings (SSSR count). The molecule has 2 heteroatoms. The predicted molar refractivity (Wildman–Crippen MR) is 73.8 cm³/mol. The molecule has 1 aromatic rings. The van der Waals surface area contributed by atoms with Crippen LogP contribution in [0.25, 0.3) is 0 Å². The van der Waals surface area contributed by atoms with Crippen LogP contribution in [0, 0.1) is 12.8 Å². The fraction of sp³-hybridized carbons (Fsp3) is 0.600. The fourth-order valence-electron chi connectivity index (χ4n) is 1.79. The highest BCUT2D eigenvalue weighted by atomic mass is 16.5. The molecule has 96 valence electrons. The van der Waals surface area contributed by atoms with Crippen LogP contribution < -0.4 is 10.1 Å². The Hall–Kier alpha value is -1.02. The van der Waals surface area contributed by atoms with Crippen molar-refractivity contribution in [3.8, 4) is 5.75 Å². The van der Waals surface area contributed by atoms with Crippen molar-refractivity contribution in [2.75, 3.05) is 20.2 Å². The number of hydrogen-bond acceptors (Lipinski definition) is 2. The minimum Gasteiger partial charge on any atom is -0.493 e. The maximum absolute atomic E-state index is 5.94. The standard InChI is InChI=1S/C15H25NO/c1-5-14-7-6-12(2)10-15(14)17-11-13(3)8-9-16-4/h6-7,10,13,16H,5,8-9,11H2,1-4H3. The monoisotopic (exact) mass is 235 g/mol. The topological polar surface area (TPSA) is 21.3 Å². The highest BCUT2D eigenvalue weighted by molar-refractivity contribution is 5.37. The number of aryl methyl sites for hydroxylation is 2. The zero-order valence-electron chi connectivity index (χ0n) is 11.5. The Morgan fingerprint density at radius 3 is 2.76 bits per heavy atom. The second-order valence-corrected chi connectivity index (χ2v) is 4.77. The molecule has 0 aliphatic carbocycles. The van der Waals surface area contributed by atoms with E-state index in [0.717, 1.165) is 31.7 Å². The molecule has 17 heavy (non-hydrogen) atoms. The number of benzene rings is 1. The average molecular weight is 235 g/mol. The highest BCUT2D eigenvalue weighted by Gasteiger charge is 2.06. The molecule has 2 nitrogen and oxygen atoms in total. The van der Waals surface area contributed by atoms with Gasteiger partial charge in [-0.25, -0.2) is 0 Å². The maximum atomic E-state index is 5.94. The van der Waals surface area contributed by atoms with Gasteiger partial charge in [-0.15, -0.1) is 0 Å². The summed E-state index contributed by atoms with van der Waals surface area (Å²) in [5.74, 6) is 1.65. The Morgan fingerprint density at radius 1 is 1.35 bits per heavy atom. The van der Waals surface area contributed by atoms with E-state index in [0.29, 0.717) is 5.92 Å². The van der Waals surface area contributed by atoms with E-state index >= 15 is 0 Å². The zero-order valence-corrected chi connectivity index (χ0v) is 11.5. The van der Waals surface area contributed by atoms with Crippen LogP contribution in [-0.4, -0.2) is 20.2 Å². The van der Waals surface area contributed by atoms with Gasteiger partial charge in [0.05, 0.1) is 6.61 Å². The second kappa shape index (κ2) is 7.33. The number of rotatable bonds is 7. The van der Waals surface area contributed by atoms with Crippen molar-refractivity contribution in [1.29, 1.82) is 0 Å². The van der Waals surface area contributed by atoms with Gasteiger partial charge in [0.25, 0.3) is 0 Å². The third kappa shape index (κ3) is 4.78. The molecule has 0 aromatic heterocycles.